The number of halogens is 1. The Balaban J connectivity index is 2.57. The molecule has 6 heteroatoms. The molecule has 0 fully saturated rings. The smallest absolute Gasteiger partial charge is 0.360 e. The van der Waals surface area contributed by atoms with Crippen LogP contribution in [0.3, 0.4) is 0 Å². The van der Waals surface area contributed by atoms with E-state index in [0.717, 1.165) is 11.6 Å². The number of carbonyl (C=O) groups is 1. The second-order valence-corrected chi connectivity index (χ2v) is 4.12. The van der Waals surface area contributed by atoms with Crippen LogP contribution in [0.5, 0.6) is 0 Å². The molecule has 0 amide bonds. The van der Waals surface area contributed by atoms with Crippen molar-refractivity contribution in [1.82, 2.24) is 9.78 Å². The van der Waals surface area contributed by atoms with Crippen LogP contribution in [-0.4, -0.2) is 20.9 Å². The molecule has 0 unspecified atom stereocenters. The standard InChI is InChI=1S/C12H9ClN2O3/c1-7-2-3-8(6-9(7)13)15-5-4-10(16)11(14-15)12(17)18/h2-6H,1H3,(H,17,18). The number of aromatic carboxylic acids is 1. The van der Waals surface area contributed by atoms with E-state index in [1.807, 2.05) is 6.92 Å². The molecule has 18 heavy (non-hydrogen) atoms. The lowest BCUT2D eigenvalue weighted by Crippen LogP contribution is -2.20. The first-order chi connectivity index (χ1) is 8.49. The minimum atomic E-state index is -1.35. The summed E-state index contributed by atoms with van der Waals surface area (Å²) in [6.07, 6.45) is 1.40. The normalized spacial score (nSPS) is 10.3. The summed E-state index contributed by atoms with van der Waals surface area (Å²) in [4.78, 5) is 22.1. The molecule has 2 aromatic rings. The molecule has 1 aromatic carbocycles. The molecule has 0 atom stereocenters. The second-order valence-electron chi connectivity index (χ2n) is 3.71. The highest BCUT2D eigenvalue weighted by molar-refractivity contribution is 6.31. The van der Waals surface area contributed by atoms with Crippen LogP contribution in [0.1, 0.15) is 16.1 Å². The van der Waals surface area contributed by atoms with Crippen LogP contribution in [0.4, 0.5) is 0 Å². The fourth-order valence-corrected chi connectivity index (χ4v) is 1.60. The minimum Gasteiger partial charge on any atom is -0.476 e. The van der Waals surface area contributed by atoms with E-state index in [0.29, 0.717) is 10.7 Å². The number of aromatic nitrogens is 2. The quantitative estimate of drug-likeness (QED) is 0.899. The highest BCUT2D eigenvalue weighted by Crippen LogP contribution is 2.18. The topological polar surface area (TPSA) is 72.2 Å². The molecule has 1 heterocycles. The number of rotatable bonds is 2. The summed E-state index contributed by atoms with van der Waals surface area (Å²) in [5, 5.41) is 13.1. The summed E-state index contributed by atoms with van der Waals surface area (Å²) >= 11 is 5.98. The Kier molecular flexibility index (Phi) is 3.16. The van der Waals surface area contributed by atoms with Gasteiger partial charge in [0.1, 0.15) is 0 Å². The maximum atomic E-state index is 11.3. The fraction of sp³-hybridized carbons (Fsp3) is 0.0833. The van der Waals surface area contributed by atoms with Crippen LogP contribution in [-0.2, 0) is 0 Å². The van der Waals surface area contributed by atoms with Gasteiger partial charge in [-0.15, -0.1) is 0 Å². The van der Waals surface area contributed by atoms with Crippen LogP contribution >= 0.6 is 11.6 Å². The highest BCUT2D eigenvalue weighted by Gasteiger charge is 2.11. The Morgan fingerprint density at radius 2 is 2.11 bits per heavy atom. The predicted octanol–water partition coefficient (Wildman–Crippen LogP) is 1.89. The molecule has 2 rings (SSSR count). The van der Waals surface area contributed by atoms with E-state index in [-0.39, 0.29) is 0 Å². The van der Waals surface area contributed by atoms with Crippen molar-refractivity contribution in [3.8, 4) is 5.69 Å². The number of benzene rings is 1. The fourth-order valence-electron chi connectivity index (χ4n) is 1.42. The Bertz CT molecular complexity index is 679. The summed E-state index contributed by atoms with van der Waals surface area (Å²) in [6, 6.07) is 6.34. The van der Waals surface area contributed by atoms with Crippen molar-refractivity contribution < 1.29 is 9.90 Å². The maximum Gasteiger partial charge on any atom is 0.360 e. The molecule has 0 spiro atoms. The van der Waals surface area contributed by atoms with Crippen molar-refractivity contribution in [3.63, 3.8) is 0 Å². The Hall–Kier alpha value is -2.14. The number of carboxylic acid groups (broad SMARTS) is 1. The van der Waals surface area contributed by atoms with Gasteiger partial charge in [0.05, 0.1) is 5.69 Å². The SMILES string of the molecule is Cc1ccc(-n2ccc(=O)c(C(=O)O)n2)cc1Cl. The van der Waals surface area contributed by atoms with Crippen molar-refractivity contribution in [1.29, 1.82) is 0 Å². The highest BCUT2D eigenvalue weighted by atomic mass is 35.5. The molecule has 5 nitrogen and oxygen atoms in total. The molecule has 0 saturated carbocycles. The van der Waals surface area contributed by atoms with Crippen molar-refractivity contribution in [2.24, 2.45) is 0 Å². The van der Waals surface area contributed by atoms with E-state index in [2.05, 4.69) is 5.10 Å². The first kappa shape index (κ1) is 12.3. The molecule has 0 radical (unpaired) electrons. The average Bonchev–Trinajstić information content (AvgIpc) is 2.33. The van der Waals surface area contributed by atoms with Gasteiger partial charge in [0.25, 0.3) is 0 Å². The van der Waals surface area contributed by atoms with Gasteiger partial charge in [-0.25, -0.2) is 9.48 Å². The third kappa shape index (κ3) is 2.26. The maximum absolute atomic E-state index is 11.3. The van der Waals surface area contributed by atoms with Crippen LogP contribution in [0.25, 0.3) is 5.69 Å². The Morgan fingerprint density at radius 3 is 2.72 bits per heavy atom. The molecule has 0 aliphatic carbocycles. The van der Waals surface area contributed by atoms with Gasteiger partial charge in [0.15, 0.2) is 0 Å². The number of hydrogen-bond donors (Lipinski definition) is 1. The van der Waals surface area contributed by atoms with E-state index < -0.39 is 17.1 Å². The number of nitrogens with zero attached hydrogens (tertiary/aromatic N) is 2. The van der Waals surface area contributed by atoms with Gasteiger partial charge in [-0.2, -0.15) is 5.10 Å². The first-order valence-corrected chi connectivity index (χ1v) is 5.46. The molecule has 0 bridgehead atoms. The van der Waals surface area contributed by atoms with Crippen LogP contribution in [0.15, 0.2) is 35.3 Å². The van der Waals surface area contributed by atoms with E-state index in [4.69, 9.17) is 16.7 Å². The molecule has 1 N–H and O–H groups in total. The third-order valence-electron chi connectivity index (χ3n) is 2.43. The lowest BCUT2D eigenvalue weighted by atomic mass is 10.2. The van der Waals surface area contributed by atoms with Gasteiger partial charge in [0.2, 0.25) is 11.1 Å². The molecule has 0 aliphatic heterocycles. The van der Waals surface area contributed by atoms with Gasteiger partial charge < -0.3 is 5.11 Å². The average molecular weight is 265 g/mol. The van der Waals surface area contributed by atoms with Crippen molar-refractivity contribution in [3.05, 3.63) is 57.0 Å². The van der Waals surface area contributed by atoms with Crippen LogP contribution < -0.4 is 5.43 Å². The van der Waals surface area contributed by atoms with Crippen LogP contribution in [0.2, 0.25) is 5.02 Å². The number of carboxylic acids is 1. The lowest BCUT2D eigenvalue weighted by molar-refractivity contribution is 0.0687. The Morgan fingerprint density at radius 1 is 1.39 bits per heavy atom. The molecule has 1 aromatic heterocycles. The summed E-state index contributed by atoms with van der Waals surface area (Å²) in [5.74, 6) is -1.35. The van der Waals surface area contributed by atoms with Crippen molar-refractivity contribution in [2.75, 3.05) is 0 Å². The summed E-state index contributed by atoms with van der Waals surface area (Å²) in [5.41, 5.74) is 0.346. The van der Waals surface area contributed by atoms with Crippen LogP contribution in [0, 0.1) is 6.92 Å². The van der Waals surface area contributed by atoms with E-state index in [9.17, 15) is 9.59 Å². The van der Waals surface area contributed by atoms with Gasteiger partial charge in [-0.05, 0) is 24.6 Å². The lowest BCUT2D eigenvalue weighted by Gasteiger charge is -2.07. The molecule has 0 aliphatic rings. The molecule has 0 saturated heterocycles. The second kappa shape index (κ2) is 4.62. The largest absolute Gasteiger partial charge is 0.476 e. The Labute approximate surface area is 107 Å². The van der Waals surface area contributed by atoms with Crippen molar-refractivity contribution in [2.45, 2.75) is 6.92 Å². The summed E-state index contributed by atoms with van der Waals surface area (Å²) < 4.78 is 1.30. The third-order valence-corrected chi connectivity index (χ3v) is 2.84. The molecule has 92 valence electrons. The van der Waals surface area contributed by atoms with Gasteiger partial charge in [0, 0.05) is 17.3 Å². The van der Waals surface area contributed by atoms with E-state index in [1.165, 1.54) is 10.9 Å². The van der Waals surface area contributed by atoms with Gasteiger partial charge >= 0.3 is 5.97 Å². The zero-order chi connectivity index (χ0) is 13.3. The zero-order valence-electron chi connectivity index (χ0n) is 9.42. The first-order valence-electron chi connectivity index (χ1n) is 5.09. The summed E-state index contributed by atoms with van der Waals surface area (Å²) in [7, 11) is 0. The van der Waals surface area contributed by atoms with E-state index >= 15 is 0 Å². The number of hydrogen-bond acceptors (Lipinski definition) is 3. The minimum absolute atomic E-state index is 0.519. The monoisotopic (exact) mass is 264 g/mol. The predicted molar refractivity (Wildman–Crippen MR) is 66.5 cm³/mol. The molecular weight excluding hydrogens is 256 g/mol. The van der Waals surface area contributed by atoms with Gasteiger partial charge in [-0.1, -0.05) is 17.7 Å². The molecular formula is C12H9ClN2O3. The zero-order valence-corrected chi connectivity index (χ0v) is 10.2. The number of aryl methyl sites for hydroxylation is 1. The van der Waals surface area contributed by atoms with Gasteiger partial charge in [-0.3, -0.25) is 4.79 Å². The van der Waals surface area contributed by atoms with E-state index in [1.54, 1.807) is 18.2 Å². The van der Waals surface area contributed by atoms with Crippen molar-refractivity contribution >= 4 is 17.6 Å². The summed E-state index contributed by atoms with van der Waals surface area (Å²) in [6.45, 7) is 1.85.